The fourth-order valence-corrected chi connectivity index (χ4v) is 5.59. The molecular weight excluding hydrogens is 408 g/mol. The molecule has 1 fully saturated rings. The lowest BCUT2D eigenvalue weighted by atomic mass is 10.1. The topological polar surface area (TPSA) is 94.0 Å². The molecule has 2 aromatic rings. The molecule has 1 saturated heterocycles. The third-order valence-corrected chi connectivity index (χ3v) is 7.67. The van der Waals surface area contributed by atoms with Gasteiger partial charge in [0.25, 0.3) is 5.91 Å². The van der Waals surface area contributed by atoms with Gasteiger partial charge in [0.15, 0.2) is 0 Å². The molecule has 2 aliphatic rings. The van der Waals surface area contributed by atoms with E-state index in [-0.39, 0.29) is 29.6 Å². The Morgan fingerprint density at radius 1 is 1.03 bits per heavy atom. The summed E-state index contributed by atoms with van der Waals surface area (Å²) in [6.07, 6.45) is 4.64. The zero-order chi connectivity index (χ0) is 21.3. The Bertz CT molecular complexity index is 1040. The van der Waals surface area contributed by atoms with E-state index in [0.717, 1.165) is 31.5 Å². The molecule has 0 aliphatic carbocycles. The quantitative estimate of drug-likeness (QED) is 0.706. The van der Waals surface area contributed by atoms with E-state index in [9.17, 15) is 13.2 Å². The number of fused-ring (bicyclic) bond motifs is 1. The van der Waals surface area contributed by atoms with Crippen molar-refractivity contribution in [3.8, 4) is 11.5 Å². The third kappa shape index (κ3) is 3.65. The summed E-state index contributed by atoms with van der Waals surface area (Å²) in [6.45, 7) is 1.97. The lowest BCUT2D eigenvalue weighted by Gasteiger charge is -2.34. The van der Waals surface area contributed by atoms with Gasteiger partial charge in [0.05, 0.1) is 31.7 Å². The highest BCUT2D eigenvalue weighted by molar-refractivity contribution is 7.89. The van der Waals surface area contributed by atoms with E-state index in [0.29, 0.717) is 24.4 Å². The number of carbonyl (C=O) groups is 1. The van der Waals surface area contributed by atoms with Gasteiger partial charge in [-0.25, -0.2) is 8.42 Å². The molecule has 0 bridgehead atoms. The number of amides is 1. The van der Waals surface area contributed by atoms with Crippen molar-refractivity contribution in [1.29, 1.82) is 0 Å². The van der Waals surface area contributed by atoms with Gasteiger partial charge in [-0.15, -0.1) is 0 Å². The number of rotatable bonds is 5. The van der Waals surface area contributed by atoms with Crippen LogP contribution in [0.4, 0.5) is 0 Å². The Kier molecular flexibility index (Phi) is 5.70. The highest BCUT2D eigenvalue weighted by Gasteiger charge is 2.33. The van der Waals surface area contributed by atoms with Crippen LogP contribution in [0, 0.1) is 0 Å². The predicted molar refractivity (Wildman–Crippen MR) is 109 cm³/mol. The van der Waals surface area contributed by atoms with Crippen LogP contribution in [0.5, 0.6) is 11.5 Å². The summed E-state index contributed by atoms with van der Waals surface area (Å²) in [6, 6.07) is 4.64. The molecule has 162 valence electrons. The van der Waals surface area contributed by atoms with Crippen LogP contribution in [0.3, 0.4) is 0 Å². The summed E-state index contributed by atoms with van der Waals surface area (Å²) in [4.78, 5) is 14.8. The first-order valence-corrected chi connectivity index (χ1v) is 11.5. The molecule has 1 aromatic heterocycles. The maximum absolute atomic E-state index is 13.2. The van der Waals surface area contributed by atoms with Gasteiger partial charge in [-0.1, -0.05) is 0 Å². The number of hydrogen-bond acceptors (Lipinski definition) is 6. The minimum atomic E-state index is -3.75. The smallest absolute Gasteiger partial charge is 0.257 e. The minimum Gasteiger partial charge on any atom is -0.497 e. The SMILES string of the molecule is COc1ccc(S(=O)(=O)N2CCN(C(=O)c3cnn4c3CCCC4)CC2)c(OC)c1. The summed E-state index contributed by atoms with van der Waals surface area (Å²) in [5.41, 5.74) is 1.63. The van der Waals surface area contributed by atoms with Crippen LogP contribution in [-0.2, 0) is 23.0 Å². The van der Waals surface area contributed by atoms with Crippen molar-refractivity contribution in [3.05, 3.63) is 35.7 Å². The van der Waals surface area contributed by atoms with Crippen LogP contribution in [0.25, 0.3) is 0 Å². The van der Waals surface area contributed by atoms with Gasteiger partial charge in [0, 0.05) is 38.8 Å². The van der Waals surface area contributed by atoms with Crippen molar-refractivity contribution in [2.75, 3.05) is 40.4 Å². The van der Waals surface area contributed by atoms with Crippen LogP contribution in [0.1, 0.15) is 28.9 Å². The number of ether oxygens (including phenoxy) is 2. The lowest BCUT2D eigenvalue weighted by Crippen LogP contribution is -2.50. The Hall–Kier alpha value is -2.59. The number of nitrogens with zero attached hydrogens (tertiary/aromatic N) is 4. The maximum atomic E-state index is 13.2. The van der Waals surface area contributed by atoms with Crippen LogP contribution < -0.4 is 9.47 Å². The molecule has 1 amide bonds. The maximum Gasteiger partial charge on any atom is 0.257 e. The first-order valence-electron chi connectivity index (χ1n) is 10.0. The number of benzene rings is 1. The Morgan fingerprint density at radius 3 is 2.50 bits per heavy atom. The molecule has 2 aliphatic heterocycles. The van der Waals surface area contributed by atoms with Crippen molar-refractivity contribution >= 4 is 15.9 Å². The second-order valence-corrected chi connectivity index (χ2v) is 9.30. The first kappa shape index (κ1) is 20.7. The number of piperazine rings is 1. The molecule has 0 atom stereocenters. The van der Waals surface area contributed by atoms with E-state index in [1.807, 2.05) is 4.68 Å². The predicted octanol–water partition coefficient (Wildman–Crippen LogP) is 1.38. The molecule has 10 heteroatoms. The number of carbonyl (C=O) groups excluding carboxylic acids is 1. The van der Waals surface area contributed by atoms with E-state index in [1.165, 1.54) is 24.6 Å². The van der Waals surface area contributed by atoms with Gasteiger partial charge in [0.1, 0.15) is 16.4 Å². The summed E-state index contributed by atoms with van der Waals surface area (Å²) in [5.74, 6) is 0.683. The summed E-state index contributed by atoms with van der Waals surface area (Å²) in [7, 11) is -0.810. The second-order valence-electron chi connectivity index (χ2n) is 7.40. The van der Waals surface area contributed by atoms with Crippen molar-refractivity contribution in [2.45, 2.75) is 30.7 Å². The van der Waals surface area contributed by atoms with Crippen LogP contribution in [0.2, 0.25) is 0 Å². The molecule has 4 rings (SSSR count). The van der Waals surface area contributed by atoms with Crippen LogP contribution in [0.15, 0.2) is 29.3 Å². The molecule has 0 N–H and O–H groups in total. The molecule has 1 aromatic carbocycles. The van der Waals surface area contributed by atoms with Gasteiger partial charge < -0.3 is 14.4 Å². The average Bonchev–Trinajstić information content (AvgIpc) is 3.22. The fraction of sp³-hybridized carbons (Fsp3) is 0.500. The molecule has 30 heavy (non-hydrogen) atoms. The van der Waals surface area contributed by atoms with Gasteiger partial charge in [-0.3, -0.25) is 9.48 Å². The van der Waals surface area contributed by atoms with E-state index in [1.54, 1.807) is 23.2 Å². The Labute approximate surface area is 176 Å². The molecule has 0 radical (unpaired) electrons. The van der Waals surface area contributed by atoms with Crippen molar-refractivity contribution in [3.63, 3.8) is 0 Å². The minimum absolute atomic E-state index is 0.0720. The molecular formula is C20H26N4O5S. The van der Waals surface area contributed by atoms with Crippen LogP contribution >= 0.6 is 0 Å². The number of aryl methyl sites for hydroxylation is 1. The van der Waals surface area contributed by atoms with E-state index in [2.05, 4.69) is 5.10 Å². The van der Waals surface area contributed by atoms with Crippen molar-refractivity contribution < 1.29 is 22.7 Å². The van der Waals surface area contributed by atoms with E-state index in [4.69, 9.17) is 9.47 Å². The highest BCUT2D eigenvalue weighted by Crippen LogP contribution is 2.31. The third-order valence-electron chi connectivity index (χ3n) is 5.73. The summed E-state index contributed by atoms with van der Waals surface area (Å²) in [5, 5.41) is 4.34. The Balaban J connectivity index is 1.48. The number of hydrogen-bond donors (Lipinski definition) is 0. The molecule has 9 nitrogen and oxygen atoms in total. The molecule has 3 heterocycles. The first-order chi connectivity index (χ1) is 14.5. The van der Waals surface area contributed by atoms with E-state index >= 15 is 0 Å². The number of methoxy groups -OCH3 is 2. The van der Waals surface area contributed by atoms with Gasteiger partial charge in [-0.2, -0.15) is 9.40 Å². The van der Waals surface area contributed by atoms with Gasteiger partial charge >= 0.3 is 0 Å². The van der Waals surface area contributed by atoms with Gasteiger partial charge in [-0.05, 0) is 31.4 Å². The zero-order valence-corrected chi connectivity index (χ0v) is 18.0. The molecule has 0 saturated carbocycles. The molecule has 0 unspecified atom stereocenters. The molecule has 0 spiro atoms. The number of sulfonamides is 1. The largest absolute Gasteiger partial charge is 0.497 e. The Morgan fingerprint density at radius 2 is 1.80 bits per heavy atom. The normalized spacial score (nSPS) is 17.5. The van der Waals surface area contributed by atoms with Crippen molar-refractivity contribution in [2.24, 2.45) is 0 Å². The fourth-order valence-electron chi connectivity index (χ4n) is 4.03. The summed E-state index contributed by atoms with van der Waals surface area (Å²) < 4.78 is 40.0. The van der Waals surface area contributed by atoms with Crippen LogP contribution in [-0.4, -0.2) is 73.7 Å². The second kappa shape index (κ2) is 8.27. The summed E-state index contributed by atoms with van der Waals surface area (Å²) >= 11 is 0. The standard InChI is InChI=1S/C20H26N4O5S/c1-28-15-6-7-19(18(13-15)29-2)30(26,27)23-11-9-22(10-12-23)20(25)16-14-21-24-8-4-3-5-17(16)24/h6-7,13-14H,3-5,8-12H2,1-2H3. The zero-order valence-electron chi connectivity index (χ0n) is 17.2. The lowest BCUT2D eigenvalue weighted by molar-refractivity contribution is 0.0696. The highest BCUT2D eigenvalue weighted by atomic mass is 32.2. The van der Waals surface area contributed by atoms with Gasteiger partial charge in [0.2, 0.25) is 10.0 Å². The number of aromatic nitrogens is 2. The monoisotopic (exact) mass is 434 g/mol. The average molecular weight is 435 g/mol. The van der Waals surface area contributed by atoms with E-state index < -0.39 is 10.0 Å². The van der Waals surface area contributed by atoms with Crippen molar-refractivity contribution in [1.82, 2.24) is 19.0 Å².